The number of amides is 1. The van der Waals surface area contributed by atoms with Gasteiger partial charge in [-0.1, -0.05) is 35.3 Å². The van der Waals surface area contributed by atoms with E-state index in [0.29, 0.717) is 27.7 Å². The fourth-order valence-corrected chi connectivity index (χ4v) is 2.96. The highest BCUT2D eigenvalue weighted by molar-refractivity contribution is 6.42. The smallest absolute Gasteiger partial charge is 0.253 e. The van der Waals surface area contributed by atoms with Crippen LogP contribution in [-0.2, 0) is 6.54 Å². The lowest BCUT2D eigenvalue weighted by atomic mass is 10.1. The Kier molecular flexibility index (Phi) is 4.93. The molecule has 0 aliphatic carbocycles. The summed E-state index contributed by atoms with van der Waals surface area (Å²) in [4.78, 5) is 23.4. The summed E-state index contributed by atoms with van der Waals surface area (Å²) < 4.78 is 0. The Bertz CT molecular complexity index is 972. The van der Waals surface area contributed by atoms with Gasteiger partial charge in [0.1, 0.15) is 0 Å². The third-order valence-corrected chi connectivity index (χ3v) is 4.97. The molecule has 25 heavy (non-hydrogen) atoms. The van der Waals surface area contributed by atoms with Crippen molar-refractivity contribution in [3.63, 3.8) is 0 Å². The quantitative estimate of drug-likeness (QED) is 0.660. The Balaban J connectivity index is 1.88. The zero-order chi connectivity index (χ0) is 18.1. The summed E-state index contributed by atoms with van der Waals surface area (Å²) in [6.45, 7) is 4.20. The van der Waals surface area contributed by atoms with Crippen LogP contribution in [0.2, 0.25) is 10.0 Å². The third kappa shape index (κ3) is 3.60. The molecule has 0 aliphatic heterocycles. The van der Waals surface area contributed by atoms with Crippen LogP contribution in [0.25, 0.3) is 11.0 Å². The Labute approximate surface area is 156 Å². The van der Waals surface area contributed by atoms with E-state index in [1.807, 2.05) is 32.0 Å². The van der Waals surface area contributed by atoms with Crippen molar-refractivity contribution in [2.75, 3.05) is 7.05 Å². The van der Waals surface area contributed by atoms with Crippen molar-refractivity contribution in [1.29, 1.82) is 0 Å². The lowest BCUT2D eigenvalue weighted by Gasteiger charge is -2.18. The molecule has 0 N–H and O–H groups in total. The van der Waals surface area contributed by atoms with E-state index in [2.05, 4.69) is 9.97 Å². The van der Waals surface area contributed by atoms with Gasteiger partial charge < -0.3 is 4.90 Å². The average Bonchev–Trinajstić information content (AvgIpc) is 2.59. The number of aromatic nitrogens is 2. The molecule has 6 heteroatoms. The highest BCUT2D eigenvalue weighted by atomic mass is 35.5. The fraction of sp³-hybridized carbons (Fsp3) is 0.211. The SMILES string of the molecule is Cc1nc2ccc(C(=O)N(C)Cc3cccc(Cl)c3Cl)cc2nc1C. The molecular weight excluding hydrogens is 357 g/mol. The van der Waals surface area contributed by atoms with Crippen molar-refractivity contribution in [2.24, 2.45) is 0 Å². The molecule has 0 unspecified atom stereocenters. The minimum Gasteiger partial charge on any atom is -0.337 e. The molecule has 3 aromatic rings. The Morgan fingerprint density at radius 1 is 1.04 bits per heavy atom. The summed E-state index contributed by atoms with van der Waals surface area (Å²) >= 11 is 12.2. The number of halogens is 2. The molecule has 1 heterocycles. The number of carbonyl (C=O) groups is 1. The molecule has 2 aromatic carbocycles. The first-order valence-corrected chi connectivity index (χ1v) is 8.56. The van der Waals surface area contributed by atoms with E-state index >= 15 is 0 Å². The summed E-state index contributed by atoms with van der Waals surface area (Å²) in [6.07, 6.45) is 0. The number of hydrogen-bond donors (Lipinski definition) is 0. The molecule has 0 saturated carbocycles. The van der Waals surface area contributed by atoms with Gasteiger partial charge in [0, 0.05) is 19.2 Å². The lowest BCUT2D eigenvalue weighted by Crippen LogP contribution is -2.26. The molecule has 0 aliphatic rings. The molecule has 3 rings (SSSR count). The van der Waals surface area contributed by atoms with Gasteiger partial charge in [-0.05, 0) is 43.7 Å². The van der Waals surface area contributed by atoms with E-state index in [0.717, 1.165) is 22.5 Å². The largest absolute Gasteiger partial charge is 0.337 e. The number of carbonyl (C=O) groups excluding carboxylic acids is 1. The maximum atomic E-state index is 12.7. The third-order valence-electron chi connectivity index (χ3n) is 4.11. The first-order chi connectivity index (χ1) is 11.9. The number of aryl methyl sites for hydroxylation is 2. The average molecular weight is 374 g/mol. The van der Waals surface area contributed by atoms with E-state index in [4.69, 9.17) is 23.2 Å². The Morgan fingerprint density at radius 3 is 2.44 bits per heavy atom. The van der Waals surface area contributed by atoms with Crippen LogP contribution >= 0.6 is 23.2 Å². The molecule has 0 saturated heterocycles. The second-order valence-corrected chi connectivity index (χ2v) is 6.76. The maximum Gasteiger partial charge on any atom is 0.253 e. The normalized spacial score (nSPS) is 10.9. The van der Waals surface area contributed by atoms with Crippen molar-refractivity contribution in [3.8, 4) is 0 Å². The van der Waals surface area contributed by atoms with Gasteiger partial charge in [-0.25, -0.2) is 9.97 Å². The van der Waals surface area contributed by atoms with Gasteiger partial charge in [-0.15, -0.1) is 0 Å². The van der Waals surface area contributed by atoms with Gasteiger partial charge in [0.05, 0.1) is 32.5 Å². The maximum absolute atomic E-state index is 12.7. The minimum atomic E-state index is -0.113. The minimum absolute atomic E-state index is 0.113. The molecule has 128 valence electrons. The molecule has 0 fully saturated rings. The summed E-state index contributed by atoms with van der Waals surface area (Å²) in [5, 5.41) is 0.950. The van der Waals surface area contributed by atoms with Crippen LogP contribution in [0, 0.1) is 13.8 Å². The van der Waals surface area contributed by atoms with E-state index in [1.54, 1.807) is 30.1 Å². The predicted molar refractivity (Wildman–Crippen MR) is 101 cm³/mol. The second kappa shape index (κ2) is 6.98. The van der Waals surface area contributed by atoms with Crippen LogP contribution in [0.3, 0.4) is 0 Å². The van der Waals surface area contributed by atoms with Crippen LogP contribution in [0.5, 0.6) is 0 Å². The first-order valence-electron chi connectivity index (χ1n) is 7.80. The Hall–Kier alpha value is -2.17. The van der Waals surface area contributed by atoms with Crippen molar-refractivity contribution in [3.05, 3.63) is 69.0 Å². The number of fused-ring (bicyclic) bond motifs is 1. The Morgan fingerprint density at radius 2 is 1.72 bits per heavy atom. The van der Waals surface area contributed by atoms with Crippen LogP contribution in [0.15, 0.2) is 36.4 Å². The highest BCUT2D eigenvalue weighted by Gasteiger charge is 2.15. The van der Waals surface area contributed by atoms with Gasteiger partial charge in [-0.2, -0.15) is 0 Å². The van der Waals surface area contributed by atoms with Crippen LogP contribution in [0.1, 0.15) is 27.3 Å². The molecule has 0 radical (unpaired) electrons. The zero-order valence-electron chi connectivity index (χ0n) is 14.2. The van der Waals surface area contributed by atoms with Crippen LogP contribution in [0.4, 0.5) is 0 Å². The van der Waals surface area contributed by atoms with Crippen molar-refractivity contribution in [1.82, 2.24) is 14.9 Å². The van der Waals surface area contributed by atoms with Crippen molar-refractivity contribution >= 4 is 40.1 Å². The molecular formula is C19H17Cl2N3O. The lowest BCUT2D eigenvalue weighted by molar-refractivity contribution is 0.0785. The van der Waals surface area contributed by atoms with E-state index in [-0.39, 0.29) is 5.91 Å². The van der Waals surface area contributed by atoms with Gasteiger partial charge in [-0.3, -0.25) is 4.79 Å². The second-order valence-electron chi connectivity index (χ2n) is 5.97. The number of hydrogen-bond acceptors (Lipinski definition) is 3. The van der Waals surface area contributed by atoms with Crippen LogP contribution < -0.4 is 0 Å². The molecule has 0 atom stereocenters. The van der Waals surface area contributed by atoms with Gasteiger partial charge in [0.2, 0.25) is 0 Å². The molecule has 0 spiro atoms. The van der Waals surface area contributed by atoms with Crippen molar-refractivity contribution in [2.45, 2.75) is 20.4 Å². The van der Waals surface area contributed by atoms with E-state index in [9.17, 15) is 4.79 Å². The monoisotopic (exact) mass is 373 g/mol. The number of rotatable bonds is 3. The molecule has 1 aromatic heterocycles. The summed E-state index contributed by atoms with van der Waals surface area (Å²) in [6, 6.07) is 10.8. The number of nitrogens with zero attached hydrogens (tertiary/aromatic N) is 3. The topological polar surface area (TPSA) is 46.1 Å². The predicted octanol–water partition coefficient (Wildman–Crippen LogP) is 4.83. The summed E-state index contributed by atoms with van der Waals surface area (Å²) in [5.41, 5.74) is 4.60. The van der Waals surface area contributed by atoms with Gasteiger partial charge in [0.25, 0.3) is 5.91 Å². The summed E-state index contributed by atoms with van der Waals surface area (Å²) in [7, 11) is 1.73. The van der Waals surface area contributed by atoms with Crippen LogP contribution in [-0.4, -0.2) is 27.8 Å². The van der Waals surface area contributed by atoms with E-state index < -0.39 is 0 Å². The first kappa shape index (κ1) is 17.6. The molecule has 4 nitrogen and oxygen atoms in total. The molecule has 0 bridgehead atoms. The fourth-order valence-electron chi connectivity index (χ4n) is 2.58. The van der Waals surface area contributed by atoms with E-state index in [1.165, 1.54) is 0 Å². The highest BCUT2D eigenvalue weighted by Crippen LogP contribution is 2.26. The van der Waals surface area contributed by atoms with Crippen molar-refractivity contribution < 1.29 is 4.79 Å². The number of benzene rings is 2. The van der Waals surface area contributed by atoms with Gasteiger partial charge in [0.15, 0.2) is 0 Å². The summed E-state index contributed by atoms with van der Waals surface area (Å²) in [5.74, 6) is -0.113. The molecule has 1 amide bonds. The van der Waals surface area contributed by atoms with Gasteiger partial charge >= 0.3 is 0 Å². The zero-order valence-corrected chi connectivity index (χ0v) is 15.7. The standard InChI is InChI=1S/C19H17Cl2N3O/c1-11-12(2)23-17-9-13(7-8-16(17)22-11)19(25)24(3)10-14-5-4-6-15(20)18(14)21/h4-9H,10H2,1-3H3.